The van der Waals surface area contributed by atoms with Crippen LogP contribution in [0.15, 0.2) is 42.5 Å². The van der Waals surface area contributed by atoms with Gasteiger partial charge in [0.05, 0.1) is 30.9 Å². The van der Waals surface area contributed by atoms with Crippen LogP contribution < -0.4 is 5.32 Å². The minimum absolute atomic E-state index is 0.134. The fourth-order valence-corrected chi connectivity index (χ4v) is 5.62. The first-order valence-electron chi connectivity index (χ1n) is 13.6. The molecule has 2 aromatic carbocycles. The maximum absolute atomic E-state index is 14.0. The summed E-state index contributed by atoms with van der Waals surface area (Å²) in [7, 11) is 0. The van der Waals surface area contributed by atoms with Crippen LogP contribution in [0.1, 0.15) is 73.9 Å². The van der Waals surface area contributed by atoms with Gasteiger partial charge in [0.1, 0.15) is 6.61 Å². The maximum Gasteiger partial charge on any atom is 0.362 e. The van der Waals surface area contributed by atoms with Gasteiger partial charge < -0.3 is 19.3 Å². The molecule has 0 bridgehead atoms. The first-order chi connectivity index (χ1) is 18.3. The molecule has 1 atom stereocenters. The predicted octanol–water partition coefficient (Wildman–Crippen LogP) is 6.07. The second-order valence-corrected chi connectivity index (χ2v) is 10.5. The monoisotopic (exact) mass is 543 g/mol. The van der Waals surface area contributed by atoms with Gasteiger partial charge in [-0.15, -0.1) is 0 Å². The van der Waals surface area contributed by atoms with Crippen molar-refractivity contribution in [2.45, 2.75) is 71.9 Å². The fourth-order valence-electron chi connectivity index (χ4n) is 5.35. The SMILES string of the molecule is CCCC(C(=O)Nc1c(C)cc(Cl)cc1C(=O)OCC)[N+]1(CC(=O)OCc2ccccc2)CCCCCC1. The number of hydrogen-bond donors (Lipinski definition) is 1. The van der Waals surface area contributed by atoms with E-state index in [2.05, 4.69) is 5.32 Å². The van der Waals surface area contributed by atoms with E-state index in [0.29, 0.717) is 27.2 Å². The molecule has 0 saturated carbocycles. The molecule has 0 aliphatic carbocycles. The summed E-state index contributed by atoms with van der Waals surface area (Å²) in [6.07, 6.45) is 5.41. The van der Waals surface area contributed by atoms with E-state index in [1.807, 2.05) is 37.3 Å². The van der Waals surface area contributed by atoms with Gasteiger partial charge in [0.2, 0.25) is 0 Å². The third-order valence-electron chi connectivity index (χ3n) is 7.21. The lowest BCUT2D eigenvalue weighted by Crippen LogP contribution is -2.62. The zero-order valence-corrected chi connectivity index (χ0v) is 23.5. The predicted molar refractivity (Wildman–Crippen MR) is 149 cm³/mol. The standard InChI is InChI=1S/C30H39ClN2O5/c1-4-13-26(29(35)32-28-22(3)18-24(31)19-25(28)30(36)37-5-2)33(16-11-6-7-12-17-33)20-27(34)38-21-23-14-9-8-10-15-23/h8-10,14-15,18-19,26H,4-7,11-13,16-17,20-21H2,1-3H3/p+1. The minimum atomic E-state index is -0.538. The van der Waals surface area contributed by atoms with E-state index in [4.69, 9.17) is 21.1 Å². The van der Waals surface area contributed by atoms with Crippen LogP contribution >= 0.6 is 11.6 Å². The zero-order chi connectivity index (χ0) is 27.5. The number of halogens is 1. The molecule has 1 aliphatic rings. The molecule has 2 aromatic rings. The van der Waals surface area contributed by atoms with Crippen molar-refractivity contribution in [2.75, 3.05) is 31.6 Å². The molecule has 1 aliphatic heterocycles. The molecule has 0 aromatic heterocycles. The summed E-state index contributed by atoms with van der Waals surface area (Å²) in [6, 6.07) is 12.4. The lowest BCUT2D eigenvalue weighted by molar-refractivity contribution is -0.935. The quantitative estimate of drug-likeness (QED) is 0.275. The number of amides is 1. The van der Waals surface area contributed by atoms with Crippen molar-refractivity contribution < 1.29 is 28.3 Å². The normalized spacial score (nSPS) is 15.7. The van der Waals surface area contributed by atoms with Crippen molar-refractivity contribution in [3.8, 4) is 0 Å². The number of hydrogen-bond acceptors (Lipinski definition) is 5. The molecule has 1 saturated heterocycles. The molecular formula is C30H40ClN2O5+. The summed E-state index contributed by atoms with van der Waals surface area (Å²) < 4.78 is 11.2. The molecule has 1 unspecified atom stereocenters. The molecule has 38 heavy (non-hydrogen) atoms. The Morgan fingerprint density at radius 3 is 2.32 bits per heavy atom. The van der Waals surface area contributed by atoms with E-state index in [1.54, 1.807) is 19.9 Å². The lowest BCUT2D eigenvalue weighted by Gasteiger charge is -2.42. The Morgan fingerprint density at radius 2 is 1.68 bits per heavy atom. The Morgan fingerprint density at radius 1 is 1.00 bits per heavy atom. The molecular weight excluding hydrogens is 504 g/mol. The molecule has 206 valence electrons. The van der Waals surface area contributed by atoms with E-state index in [9.17, 15) is 14.4 Å². The Labute approximate surface area is 231 Å². The van der Waals surface area contributed by atoms with Gasteiger partial charge in [-0.25, -0.2) is 9.59 Å². The summed E-state index contributed by atoms with van der Waals surface area (Å²) in [6.45, 7) is 7.57. The minimum Gasteiger partial charge on any atom is -0.462 e. The number of benzene rings is 2. The molecule has 1 amide bonds. The summed E-state index contributed by atoms with van der Waals surface area (Å²) in [5.41, 5.74) is 2.23. The van der Waals surface area contributed by atoms with Crippen LogP contribution in [0, 0.1) is 6.92 Å². The van der Waals surface area contributed by atoms with Gasteiger partial charge in [0, 0.05) is 11.4 Å². The number of carbonyl (C=O) groups is 3. The van der Waals surface area contributed by atoms with Crippen LogP contribution in [0.25, 0.3) is 0 Å². The highest BCUT2D eigenvalue weighted by molar-refractivity contribution is 6.31. The van der Waals surface area contributed by atoms with Crippen LogP contribution in [-0.2, 0) is 25.7 Å². The highest BCUT2D eigenvalue weighted by Crippen LogP contribution is 2.30. The number of quaternary nitrogens is 1. The molecule has 8 heteroatoms. The van der Waals surface area contributed by atoms with E-state index >= 15 is 0 Å². The van der Waals surface area contributed by atoms with Gasteiger partial charge >= 0.3 is 11.9 Å². The molecule has 3 rings (SSSR count). The first kappa shape index (κ1) is 29.7. The number of esters is 2. The molecule has 1 heterocycles. The van der Waals surface area contributed by atoms with E-state index < -0.39 is 12.0 Å². The highest BCUT2D eigenvalue weighted by atomic mass is 35.5. The van der Waals surface area contributed by atoms with Crippen LogP contribution in [0.4, 0.5) is 5.69 Å². The van der Waals surface area contributed by atoms with Crippen LogP contribution in [0.5, 0.6) is 0 Å². The van der Waals surface area contributed by atoms with Gasteiger partial charge in [0.25, 0.3) is 5.91 Å². The first-order valence-corrected chi connectivity index (χ1v) is 14.0. The number of ether oxygens (including phenoxy) is 2. The second kappa shape index (κ2) is 14.3. The van der Waals surface area contributed by atoms with Crippen LogP contribution in [0.3, 0.4) is 0 Å². The Balaban J connectivity index is 1.89. The average Bonchev–Trinajstić information content (AvgIpc) is 3.14. The van der Waals surface area contributed by atoms with Crippen molar-refractivity contribution >= 4 is 35.1 Å². The molecule has 1 N–H and O–H groups in total. The molecule has 1 fully saturated rings. The van der Waals surface area contributed by atoms with Gasteiger partial charge in [-0.1, -0.05) is 48.9 Å². The number of aryl methyl sites for hydroxylation is 1. The topological polar surface area (TPSA) is 81.7 Å². The lowest BCUT2D eigenvalue weighted by atomic mass is 10.0. The molecule has 7 nitrogen and oxygen atoms in total. The van der Waals surface area contributed by atoms with Crippen molar-refractivity contribution in [1.82, 2.24) is 0 Å². The van der Waals surface area contributed by atoms with Crippen LogP contribution in [0.2, 0.25) is 5.02 Å². The largest absolute Gasteiger partial charge is 0.462 e. The smallest absolute Gasteiger partial charge is 0.362 e. The summed E-state index contributed by atoms with van der Waals surface area (Å²) in [5, 5.41) is 3.43. The number of carbonyl (C=O) groups excluding carboxylic acids is 3. The number of anilines is 1. The Kier molecular flexibility index (Phi) is 11.2. The van der Waals surface area contributed by atoms with Crippen molar-refractivity contribution in [3.63, 3.8) is 0 Å². The Hall–Kier alpha value is -2.90. The number of likely N-dealkylation sites (tertiary alicyclic amines) is 1. The van der Waals surface area contributed by atoms with Gasteiger partial charge in [0.15, 0.2) is 12.6 Å². The highest BCUT2D eigenvalue weighted by Gasteiger charge is 2.44. The van der Waals surface area contributed by atoms with Crippen molar-refractivity contribution in [3.05, 3.63) is 64.2 Å². The van der Waals surface area contributed by atoms with Gasteiger partial charge in [-0.3, -0.25) is 4.79 Å². The number of nitrogens with zero attached hydrogens (tertiary/aromatic N) is 1. The summed E-state index contributed by atoms with van der Waals surface area (Å²) >= 11 is 6.23. The summed E-state index contributed by atoms with van der Waals surface area (Å²) in [5.74, 6) is -1.05. The fraction of sp³-hybridized carbons (Fsp3) is 0.500. The zero-order valence-electron chi connectivity index (χ0n) is 22.8. The maximum atomic E-state index is 14.0. The van der Waals surface area contributed by atoms with Gasteiger partial charge in [-0.05, 0) is 69.2 Å². The Bertz CT molecular complexity index is 1100. The summed E-state index contributed by atoms with van der Waals surface area (Å²) in [4.78, 5) is 39.8. The third-order valence-corrected chi connectivity index (χ3v) is 7.43. The van der Waals surface area contributed by atoms with Gasteiger partial charge in [-0.2, -0.15) is 0 Å². The van der Waals surface area contributed by atoms with Crippen molar-refractivity contribution in [1.29, 1.82) is 0 Å². The second-order valence-electron chi connectivity index (χ2n) is 10.0. The molecule has 0 spiro atoms. The van der Waals surface area contributed by atoms with Crippen LogP contribution in [-0.4, -0.2) is 54.6 Å². The van der Waals surface area contributed by atoms with E-state index in [1.165, 1.54) is 6.07 Å². The van der Waals surface area contributed by atoms with E-state index in [0.717, 1.165) is 50.8 Å². The van der Waals surface area contributed by atoms with E-state index in [-0.39, 0.29) is 37.2 Å². The average molecular weight is 544 g/mol. The molecule has 0 radical (unpaired) electrons. The third kappa shape index (κ3) is 7.81. The number of nitrogens with one attached hydrogen (secondary N) is 1. The number of rotatable bonds is 11. The van der Waals surface area contributed by atoms with Crippen molar-refractivity contribution in [2.24, 2.45) is 0 Å².